The Kier molecular flexibility index (Phi) is 3.37. The molecule has 0 saturated carbocycles. The molecule has 3 heterocycles. The summed E-state index contributed by atoms with van der Waals surface area (Å²) < 4.78 is 4.95. The van der Waals surface area contributed by atoms with E-state index in [9.17, 15) is 4.79 Å². The Hall–Kier alpha value is -2.37. The predicted molar refractivity (Wildman–Crippen MR) is 73.2 cm³/mol. The lowest BCUT2D eigenvalue weighted by Crippen LogP contribution is -2.34. The number of nitrogens with one attached hydrogen (secondary N) is 1. The molecule has 1 aliphatic rings. The SMILES string of the molecule is Cc1cc(NC(=O)N2CCCC2c2cccnc2)no1. The standard InChI is InChI=1S/C14H16N4O2/c1-10-8-13(17-20-10)16-14(19)18-7-3-5-12(18)11-4-2-6-15-9-11/h2,4,6,8-9,12H,3,5,7H2,1H3,(H,16,17,19). The molecule has 20 heavy (non-hydrogen) atoms. The predicted octanol–water partition coefficient (Wildman–Crippen LogP) is 2.75. The molecule has 0 aromatic carbocycles. The summed E-state index contributed by atoms with van der Waals surface area (Å²) >= 11 is 0. The van der Waals surface area contributed by atoms with Gasteiger partial charge in [-0.15, -0.1) is 0 Å². The third-order valence-corrected chi connectivity index (χ3v) is 3.45. The first-order chi connectivity index (χ1) is 9.74. The number of rotatable bonds is 2. The Labute approximate surface area is 116 Å². The van der Waals surface area contributed by atoms with Crippen LogP contribution < -0.4 is 5.32 Å². The Morgan fingerprint density at radius 2 is 2.45 bits per heavy atom. The van der Waals surface area contributed by atoms with Crippen molar-refractivity contribution in [3.8, 4) is 0 Å². The van der Waals surface area contributed by atoms with E-state index in [4.69, 9.17) is 4.52 Å². The molecule has 0 aliphatic carbocycles. The van der Waals surface area contributed by atoms with E-state index >= 15 is 0 Å². The van der Waals surface area contributed by atoms with Gasteiger partial charge in [0.15, 0.2) is 5.82 Å². The minimum atomic E-state index is -0.148. The molecular formula is C14H16N4O2. The maximum Gasteiger partial charge on any atom is 0.323 e. The Morgan fingerprint density at radius 1 is 1.55 bits per heavy atom. The van der Waals surface area contributed by atoms with E-state index in [1.807, 2.05) is 23.2 Å². The average Bonchev–Trinajstić information content (AvgIpc) is 3.09. The van der Waals surface area contributed by atoms with E-state index in [-0.39, 0.29) is 12.1 Å². The second kappa shape index (κ2) is 5.32. The summed E-state index contributed by atoms with van der Waals surface area (Å²) in [4.78, 5) is 18.3. The maximum absolute atomic E-state index is 12.3. The number of hydrogen-bond donors (Lipinski definition) is 1. The molecule has 2 amide bonds. The van der Waals surface area contributed by atoms with Gasteiger partial charge in [0.2, 0.25) is 0 Å². The van der Waals surface area contributed by atoms with Gasteiger partial charge < -0.3 is 9.42 Å². The molecule has 1 N–H and O–H groups in total. The highest BCUT2D eigenvalue weighted by molar-refractivity contribution is 5.88. The van der Waals surface area contributed by atoms with Crippen LogP contribution in [0.15, 0.2) is 35.1 Å². The Bertz CT molecular complexity index is 596. The number of urea groups is 1. The molecule has 1 atom stereocenters. The molecule has 1 saturated heterocycles. The van der Waals surface area contributed by atoms with E-state index in [1.54, 1.807) is 19.2 Å². The summed E-state index contributed by atoms with van der Waals surface area (Å²) in [6.45, 7) is 2.53. The molecule has 104 valence electrons. The minimum Gasteiger partial charge on any atom is -0.360 e. The van der Waals surface area contributed by atoms with Crippen LogP contribution in [0.2, 0.25) is 0 Å². The fourth-order valence-corrected chi connectivity index (χ4v) is 2.54. The van der Waals surface area contributed by atoms with E-state index in [1.165, 1.54) is 0 Å². The minimum absolute atomic E-state index is 0.0803. The Balaban J connectivity index is 1.73. The van der Waals surface area contributed by atoms with Gasteiger partial charge in [0.1, 0.15) is 5.76 Å². The first-order valence-corrected chi connectivity index (χ1v) is 6.65. The molecule has 6 nitrogen and oxygen atoms in total. The maximum atomic E-state index is 12.3. The van der Waals surface area contributed by atoms with Gasteiger partial charge in [-0.2, -0.15) is 0 Å². The molecule has 1 unspecified atom stereocenters. The van der Waals surface area contributed by atoms with Crippen molar-refractivity contribution < 1.29 is 9.32 Å². The van der Waals surface area contributed by atoms with E-state index in [2.05, 4.69) is 15.5 Å². The largest absolute Gasteiger partial charge is 0.360 e. The van der Waals surface area contributed by atoms with Crippen LogP contribution in [0.4, 0.5) is 10.6 Å². The molecule has 2 aromatic heterocycles. The summed E-state index contributed by atoms with van der Waals surface area (Å²) in [6.07, 6.45) is 5.50. The molecule has 1 fully saturated rings. The summed E-state index contributed by atoms with van der Waals surface area (Å²) in [5.74, 6) is 1.12. The number of carbonyl (C=O) groups excluding carboxylic acids is 1. The topological polar surface area (TPSA) is 71.3 Å². The number of carbonyl (C=O) groups is 1. The quantitative estimate of drug-likeness (QED) is 0.912. The number of anilines is 1. The molecule has 0 bridgehead atoms. The first-order valence-electron chi connectivity index (χ1n) is 6.65. The molecular weight excluding hydrogens is 256 g/mol. The monoisotopic (exact) mass is 272 g/mol. The van der Waals surface area contributed by atoms with E-state index in [0.29, 0.717) is 11.6 Å². The number of hydrogen-bond acceptors (Lipinski definition) is 4. The lowest BCUT2D eigenvalue weighted by Gasteiger charge is -2.24. The fraction of sp³-hybridized carbons (Fsp3) is 0.357. The van der Waals surface area contributed by atoms with Crippen LogP contribution in [-0.4, -0.2) is 27.6 Å². The van der Waals surface area contributed by atoms with Gasteiger partial charge in [-0.25, -0.2) is 4.79 Å². The third-order valence-electron chi connectivity index (χ3n) is 3.45. The molecule has 6 heteroatoms. The van der Waals surface area contributed by atoms with Crippen molar-refractivity contribution in [2.75, 3.05) is 11.9 Å². The van der Waals surface area contributed by atoms with Crippen LogP contribution in [0, 0.1) is 6.92 Å². The van der Waals surface area contributed by atoms with Crippen LogP contribution in [0.5, 0.6) is 0 Å². The third kappa shape index (κ3) is 2.49. The zero-order chi connectivity index (χ0) is 13.9. The second-order valence-electron chi connectivity index (χ2n) is 4.89. The van der Waals surface area contributed by atoms with Crippen molar-refractivity contribution in [1.29, 1.82) is 0 Å². The lowest BCUT2D eigenvalue weighted by atomic mass is 10.1. The highest BCUT2D eigenvalue weighted by Crippen LogP contribution is 2.31. The van der Waals surface area contributed by atoms with Crippen molar-refractivity contribution >= 4 is 11.8 Å². The zero-order valence-corrected chi connectivity index (χ0v) is 11.2. The van der Waals surface area contributed by atoms with E-state index in [0.717, 1.165) is 24.9 Å². The summed E-state index contributed by atoms with van der Waals surface area (Å²) in [5, 5.41) is 6.55. The number of nitrogens with zero attached hydrogens (tertiary/aromatic N) is 3. The van der Waals surface area contributed by atoms with Crippen LogP contribution in [0.3, 0.4) is 0 Å². The molecule has 0 radical (unpaired) electrons. The normalized spacial score (nSPS) is 18.2. The van der Waals surface area contributed by atoms with Crippen LogP contribution in [-0.2, 0) is 0 Å². The number of aryl methyl sites for hydroxylation is 1. The van der Waals surface area contributed by atoms with Crippen molar-refractivity contribution in [3.05, 3.63) is 41.9 Å². The molecule has 0 spiro atoms. The summed E-state index contributed by atoms with van der Waals surface area (Å²) in [6, 6.07) is 5.53. The van der Waals surface area contributed by atoms with Crippen LogP contribution in [0.25, 0.3) is 0 Å². The van der Waals surface area contributed by atoms with Crippen LogP contribution >= 0.6 is 0 Å². The number of aromatic nitrogens is 2. The summed E-state index contributed by atoms with van der Waals surface area (Å²) in [7, 11) is 0. The molecule has 3 rings (SSSR count). The Morgan fingerprint density at radius 3 is 3.15 bits per heavy atom. The van der Waals surface area contributed by atoms with E-state index < -0.39 is 0 Å². The van der Waals surface area contributed by atoms with Gasteiger partial charge in [-0.1, -0.05) is 11.2 Å². The van der Waals surface area contributed by atoms with Gasteiger partial charge in [0.05, 0.1) is 6.04 Å². The van der Waals surface area contributed by atoms with Crippen molar-refractivity contribution in [2.45, 2.75) is 25.8 Å². The molecule has 1 aliphatic heterocycles. The first kappa shape index (κ1) is 12.7. The smallest absolute Gasteiger partial charge is 0.323 e. The fourth-order valence-electron chi connectivity index (χ4n) is 2.54. The van der Waals surface area contributed by atoms with Gasteiger partial charge >= 0.3 is 6.03 Å². The van der Waals surface area contributed by atoms with Gasteiger partial charge in [0, 0.05) is 25.0 Å². The van der Waals surface area contributed by atoms with Crippen molar-refractivity contribution in [3.63, 3.8) is 0 Å². The number of likely N-dealkylation sites (tertiary alicyclic amines) is 1. The number of amides is 2. The zero-order valence-electron chi connectivity index (χ0n) is 11.2. The van der Waals surface area contributed by atoms with Gasteiger partial charge in [-0.3, -0.25) is 10.3 Å². The second-order valence-corrected chi connectivity index (χ2v) is 4.89. The van der Waals surface area contributed by atoms with Crippen LogP contribution in [0.1, 0.15) is 30.2 Å². The van der Waals surface area contributed by atoms with Gasteiger partial charge in [0.25, 0.3) is 0 Å². The average molecular weight is 272 g/mol. The number of pyridine rings is 1. The highest BCUT2D eigenvalue weighted by atomic mass is 16.5. The molecule has 2 aromatic rings. The summed E-state index contributed by atoms with van der Waals surface area (Å²) in [5.41, 5.74) is 1.07. The van der Waals surface area contributed by atoms with Gasteiger partial charge in [-0.05, 0) is 31.4 Å². The highest BCUT2D eigenvalue weighted by Gasteiger charge is 2.30. The van der Waals surface area contributed by atoms with Crippen molar-refractivity contribution in [2.24, 2.45) is 0 Å². The lowest BCUT2D eigenvalue weighted by molar-refractivity contribution is 0.206. The van der Waals surface area contributed by atoms with Crippen molar-refractivity contribution in [1.82, 2.24) is 15.0 Å².